The molecule has 0 aliphatic heterocycles. The number of rotatable bonds is 11. The summed E-state index contributed by atoms with van der Waals surface area (Å²) >= 11 is 0. The molecule has 4 rings (SSSR count). The lowest BCUT2D eigenvalue weighted by Gasteiger charge is -2.34. The minimum absolute atomic E-state index is 0.0851. The van der Waals surface area contributed by atoms with Crippen molar-refractivity contribution in [1.82, 2.24) is 10.2 Å². The Bertz CT molecular complexity index is 1400. The largest absolute Gasteiger partial charge is 0.352 e. The number of amides is 2. The summed E-state index contributed by atoms with van der Waals surface area (Å²) in [6.45, 7) is 3.53. The van der Waals surface area contributed by atoms with E-state index in [-0.39, 0.29) is 18.5 Å². The van der Waals surface area contributed by atoms with Crippen LogP contribution in [0.15, 0.2) is 78.9 Å². The number of hydrogen-bond acceptors (Lipinski definition) is 4. The fourth-order valence-electron chi connectivity index (χ4n) is 5.30. The van der Waals surface area contributed by atoms with Crippen LogP contribution in [0.25, 0.3) is 0 Å². The van der Waals surface area contributed by atoms with E-state index in [1.165, 1.54) is 0 Å². The van der Waals surface area contributed by atoms with Crippen molar-refractivity contribution >= 4 is 27.5 Å². The monoisotopic (exact) mass is 561 g/mol. The molecule has 1 fully saturated rings. The first kappa shape index (κ1) is 29.3. The molecule has 0 spiro atoms. The van der Waals surface area contributed by atoms with Crippen LogP contribution < -0.4 is 9.62 Å². The van der Waals surface area contributed by atoms with E-state index >= 15 is 0 Å². The number of aryl methyl sites for hydroxylation is 1. The molecular weight excluding hydrogens is 522 g/mol. The second-order valence-electron chi connectivity index (χ2n) is 10.7. The second kappa shape index (κ2) is 13.1. The van der Waals surface area contributed by atoms with E-state index in [2.05, 4.69) is 5.32 Å². The van der Waals surface area contributed by atoms with E-state index in [4.69, 9.17) is 0 Å². The Morgan fingerprint density at radius 2 is 1.48 bits per heavy atom. The van der Waals surface area contributed by atoms with Crippen LogP contribution in [0.1, 0.15) is 47.9 Å². The van der Waals surface area contributed by atoms with Gasteiger partial charge in [0.1, 0.15) is 12.6 Å². The topological polar surface area (TPSA) is 86.8 Å². The summed E-state index contributed by atoms with van der Waals surface area (Å²) in [4.78, 5) is 29.6. The third kappa shape index (κ3) is 7.50. The Morgan fingerprint density at radius 1 is 0.875 bits per heavy atom. The minimum Gasteiger partial charge on any atom is -0.352 e. The van der Waals surface area contributed by atoms with Gasteiger partial charge in [-0.15, -0.1) is 0 Å². The molecule has 0 aromatic heterocycles. The average molecular weight is 562 g/mol. The van der Waals surface area contributed by atoms with Crippen molar-refractivity contribution in [3.63, 3.8) is 0 Å². The fourth-order valence-corrected chi connectivity index (χ4v) is 6.20. The Hall–Kier alpha value is -3.65. The summed E-state index contributed by atoms with van der Waals surface area (Å²) in [7, 11) is -3.80. The van der Waals surface area contributed by atoms with Gasteiger partial charge in [-0.2, -0.15) is 0 Å². The van der Waals surface area contributed by atoms with Crippen molar-refractivity contribution in [2.45, 2.75) is 64.6 Å². The molecule has 1 aliphatic carbocycles. The molecule has 0 heterocycles. The van der Waals surface area contributed by atoms with Crippen molar-refractivity contribution in [1.29, 1.82) is 0 Å². The van der Waals surface area contributed by atoms with Gasteiger partial charge >= 0.3 is 0 Å². The molecule has 0 unspecified atom stereocenters. The Balaban J connectivity index is 1.73. The quantitative estimate of drug-likeness (QED) is 0.366. The van der Waals surface area contributed by atoms with Gasteiger partial charge in [0, 0.05) is 19.0 Å². The van der Waals surface area contributed by atoms with Gasteiger partial charge in [-0.3, -0.25) is 13.9 Å². The first-order valence-electron chi connectivity index (χ1n) is 13.8. The highest BCUT2D eigenvalue weighted by molar-refractivity contribution is 7.92. The maximum absolute atomic E-state index is 14.2. The van der Waals surface area contributed by atoms with Gasteiger partial charge in [0.2, 0.25) is 21.8 Å². The summed E-state index contributed by atoms with van der Waals surface area (Å²) in [5.74, 6) is -0.643. The van der Waals surface area contributed by atoms with Crippen LogP contribution in [0.2, 0.25) is 0 Å². The third-order valence-electron chi connectivity index (χ3n) is 7.69. The highest BCUT2D eigenvalue weighted by atomic mass is 32.2. The highest BCUT2D eigenvalue weighted by Crippen LogP contribution is 2.26. The van der Waals surface area contributed by atoms with E-state index < -0.39 is 28.5 Å². The van der Waals surface area contributed by atoms with Crippen LogP contribution >= 0.6 is 0 Å². The first-order valence-corrected chi connectivity index (χ1v) is 15.7. The first-order chi connectivity index (χ1) is 19.1. The predicted molar refractivity (Wildman–Crippen MR) is 159 cm³/mol. The van der Waals surface area contributed by atoms with Crippen LogP contribution in [-0.2, 0) is 32.6 Å². The maximum Gasteiger partial charge on any atom is 0.244 e. The lowest BCUT2D eigenvalue weighted by molar-refractivity contribution is -0.140. The number of benzene rings is 3. The van der Waals surface area contributed by atoms with Crippen LogP contribution in [0.5, 0.6) is 0 Å². The van der Waals surface area contributed by atoms with Gasteiger partial charge in [0.05, 0.1) is 11.9 Å². The molecule has 3 aromatic carbocycles. The number of anilines is 1. The average Bonchev–Trinajstić information content (AvgIpc) is 3.44. The molecule has 212 valence electrons. The number of nitrogens with one attached hydrogen (secondary N) is 1. The Kier molecular flexibility index (Phi) is 9.63. The van der Waals surface area contributed by atoms with Gasteiger partial charge in [0.15, 0.2) is 0 Å². The van der Waals surface area contributed by atoms with Crippen LogP contribution in [-0.4, -0.2) is 50.0 Å². The molecule has 0 saturated heterocycles. The molecule has 2 amide bonds. The van der Waals surface area contributed by atoms with Gasteiger partial charge in [-0.1, -0.05) is 85.6 Å². The molecule has 8 heteroatoms. The molecular formula is C32H39N3O4S. The standard InChI is InChI=1S/C32H39N3O4S/c1-24-13-12-20-29(25(24)2)35(40(3,38)39)23-31(36)34(22-27-16-8-5-9-17-27)30(21-26-14-6-4-7-15-26)32(37)33-28-18-10-11-19-28/h4-9,12-17,20,28,30H,10-11,18-19,21-23H2,1-3H3,(H,33,37)/t30-/m0/s1. The van der Waals surface area contributed by atoms with E-state index in [9.17, 15) is 18.0 Å². The zero-order valence-corrected chi connectivity index (χ0v) is 24.4. The van der Waals surface area contributed by atoms with E-state index in [1.54, 1.807) is 17.0 Å². The van der Waals surface area contributed by atoms with Crippen molar-refractivity contribution in [3.8, 4) is 0 Å². The number of carbonyl (C=O) groups is 2. The number of hydrogen-bond donors (Lipinski definition) is 1. The summed E-state index contributed by atoms with van der Waals surface area (Å²) in [5, 5.41) is 3.19. The lowest BCUT2D eigenvalue weighted by Crippen LogP contribution is -2.54. The molecule has 40 heavy (non-hydrogen) atoms. The second-order valence-corrected chi connectivity index (χ2v) is 12.6. The molecule has 1 saturated carbocycles. The smallest absolute Gasteiger partial charge is 0.244 e. The van der Waals surface area contributed by atoms with Crippen molar-refractivity contribution < 1.29 is 18.0 Å². The van der Waals surface area contributed by atoms with Gasteiger partial charge < -0.3 is 10.2 Å². The summed E-state index contributed by atoms with van der Waals surface area (Å²) in [6, 6.07) is 23.8. The molecule has 1 N–H and O–H groups in total. The minimum atomic E-state index is -3.80. The molecule has 1 atom stereocenters. The molecule has 3 aromatic rings. The maximum atomic E-state index is 14.2. The van der Waals surface area contributed by atoms with E-state index in [0.29, 0.717) is 12.1 Å². The SMILES string of the molecule is Cc1cccc(N(CC(=O)N(Cc2ccccc2)[C@@H](Cc2ccccc2)C(=O)NC2CCCC2)S(C)(=O)=O)c1C. The summed E-state index contributed by atoms with van der Waals surface area (Å²) in [6.07, 6.45) is 5.41. The van der Waals surface area contributed by atoms with Crippen LogP contribution in [0.4, 0.5) is 5.69 Å². The normalized spacial score (nSPS) is 14.5. The summed E-state index contributed by atoms with van der Waals surface area (Å²) < 4.78 is 27.2. The van der Waals surface area contributed by atoms with Crippen molar-refractivity contribution in [2.24, 2.45) is 0 Å². The zero-order valence-electron chi connectivity index (χ0n) is 23.5. The number of carbonyl (C=O) groups excluding carboxylic acids is 2. The fraction of sp³-hybridized carbons (Fsp3) is 0.375. The third-order valence-corrected chi connectivity index (χ3v) is 8.82. The zero-order chi connectivity index (χ0) is 28.7. The molecule has 7 nitrogen and oxygen atoms in total. The van der Waals surface area contributed by atoms with Crippen molar-refractivity contribution in [2.75, 3.05) is 17.1 Å². The highest BCUT2D eigenvalue weighted by Gasteiger charge is 2.34. The number of sulfonamides is 1. The Morgan fingerprint density at radius 3 is 2.08 bits per heavy atom. The van der Waals surface area contributed by atoms with Crippen molar-refractivity contribution in [3.05, 3.63) is 101 Å². The predicted octanol–water partition coefficient (Wildman–Crippen LogP) is 4.77. The molecule has 0 bridgehead atoms. The van der Waals surface area contributed by atoms with E-state index in [0.717, 1.165) is 58.5 Å². The van der Waals surface area contributed by atoms with Gasteiger partial charge in [0.25, 0.3) is 0 Å². The summed E-state index contributed by atoms with van der Waals surface area (Å²) in [5.41, 5.74) is 3.97. The van der Waals surface area contributed by atoms with Crippen LogP contribution in [0.3, 0.4) is 0 Å². The molecule has 1 aliphatic rings. The Labute approximate surface area is 238 Å². The van der Waals surface area contributed by atoms with Gasteiger partial charge in [-0.05, 0) is 55.0 Å². The van der Waals surface area contributed by atoms with E-state index in [1.807, 2.05) is 80.6 Å². The van der Waals surface area contributed by atoms with Gasteiger partial charge in [-0.25, -0.2) is 8.42 Å². The number of nitrogens with zero attached hydrogens (tertiary/aromatic N) is 2. The molecule has 0 radical (unpaired) electrons. The lowest BCUT2D eigenvalue weighted by atomic mass is 10.0. The van der Waals surface area contributed by atoms with Crippen LogP contribution in [0, 0.1) is 13.8 Å².